The second-order valence-corrected chi connectivity index (χ2v) is 8.20. The maximum absolute atomic E-state index is 12.4. The number of ether oxygens (including phenoxy) is 1. The number of Topliss-reactive ketones (excluding diaryl/α,β-unsaturated/α-hetero) is 1. The zero-order valence-electron chi connectivity index (χ0n) is 16.0. The summed E-state index contributed by atoms with van der Waals surface area (Å²) in [6.07, 6.45) is 3.49. The third-order valence-corrected chi connectivity index (χ3v) is 6.03. The molecule has 6 heteroatoms. The fourth-order valence-electron chi connectivity index (χ4n) is 4.79. The Hall–Kier alpha value is -2.44. The quantitative estimate of drug-likeness (QED) is 0.746. The van der Waals surface area contributed by atoms with Crippen molar-refractivity contribution in [3.8, 4) is 11.5 Å². The number of aliphatic hydroxyl groups is 1. The summed E-state index contributed by atoms with van der Waals surface area (Å²) in [5.74, 6) is 1.69. The van der Waals surface area contributed by atoms with E-state index in [1.807, 2.05) is 24.3 Å². The summed E-state index contributed by atoms with van der Waals surface area (Å²) in [5.41, 5.74) is 0.831. The highest BCUT2D eigenvalue weighted by Crippen LogP contribution is 2.45. The monoisotopic (exact) mass is 382 g/mol. The number of nitrogens with zero attached hydrogens (tertiary/aromatic N) is 2. The second-order valence-electron chi connectivity index (χ2n) is 8.20. The van der Waals surface area contributed by atoms with Crippen molar-refractivity contribution in [2.24, 2.45) is 11.8 Å². The van der Waals surface area contributed by atoms with Gasteiger partial charge in [0.05, 0.1) is 25.5 Å². The van der Waals surface area contributed by atoms with Crippen molar-refractivity contribution in [2.75, 3.05) is 26.7 Å². The Bertz CT molecular complexity index is 821. The molecule has 1 aliphatic heterocycles. The Morgan fingerprint density at radius 2 is 1.86 bits per heavy atom. The van der Waals surface area contributed by atoms with Crippen LogP contribution in [0.5, 0.6) is 11.5 Å². The van der Waals surface area contributed by atoms with Crippen molar-refractivity contribution >= 4 is 5.78 Å². The molecular weight excluding hydrogens is 356 g/mol. The fraction of sp³-hybridized carbons (Fsp3) is 0.455. The summed E-state index contributed by atoms with van der Waals surface area (Å²) in [6.45, 7) is 2.00. The summed E-state index contributed by atoms with van der Waals surface area (Å²) in [7, 11) is 1.65. The van der Waals surface area contributed by atoms with Crippen LogP contribution in [0.25, 0.3) is 0 Å². The zero-order valence-corrected chi connectivity index (χ0v) is 16.0. The fourth-order valence-corrected chi connectivity index (χ4v) is 4.79. The van der Waals surface area contributed by atoms with Crippen LogP contribution in [0.3, 0.4) is 0 Å². The number of benzene rings is 1. The normalized spacial score (nSPS) is 26.9. The minimum Gasteiger partial charge on any atom is -0.506 e. The van der Waals surface area contributed by atoms with Crippen LogP contribution in [0.1, 0.15) is 28.9 Å². The molecule has 0 spiro atoms. The Kier molecular flexibility index (Phi) is 5.08. The van der Waals surface area contributed by atoms with Gasteiger partial charge in [-0.05, 0) is 54.5 Å². The summed E-state index contributed by atoms with van der Waals surface area (Å²) in [5, 5.41) is 20.4. The standard InChI is InChI=1S/C22H26N2O4/c1-28-19-5-2-15(3-6-19)8-22(27)9-16-12-24(13-17(16)10-22)14-21(26)20-7-4-18(25)11-23-20/h2-7,11,16-17,25,27H,8-10,12-14H2,1H3/t16-,17?,22?/m0/s1. The van der Waals surface area contributed by atoms with E-state index in [4.69, 9.17) is 4.74 Å². The van der Waals surface area contributed by atoms with E-state index in [1.54, 1.807) is 13.2 Å². The zero-order chi connectivity index (χ0) is 19.7. The Labute approximate surface area is 164 Å². The van der Waals surface area contributed by atoms with E-state index in [1.165, 1.54) is 12.3 Å². The number of fused-ring (bicyclic) bond motifs is 1. The molecule has 1 aromatic carbocycles. The lowest BCUT2D eigenvalue weighted by Gasteiger charge is -2.26. The first-order valence-corrected chi connectivity index (χ1v) is 9.70. The van der Waals surface area contributed by atoms with Gasteiger partial charge in [0.2, 0.25) is 0 Å². The number of aromatic nitrogens is 1. The molecule has 2 unspecified atom stereocenters. The molecule has 1 aromatic heterocycles. The molecule has 1 saturated heterocycles. The van der Waals surface area contributed by atoms with Gasteiger partial charge in [-0.2, -0.15) is 0 Å². The maximum atomic E-state index is 12.4. The van der Waals surface area contributed by atoms with Crippen LogP contribution in [0.4, 0.5) is 0 Å². The van der Waals surface area contributed by atoms with Gasteiger partial charge >= 0.3 is 0 Å². The van der Waals surface area contributed by atoms with E-state index in [-0.39, 0.29) is 11.5 Å². The number of pyridine rings is 1. The largest absolute Gasteiger partial charge is 0.506 e. The van der Waals surface area contributed by atoms with Crippen LogP contribution in [0, 0.1) is 11.8 Å². The van der Waals surface area contributed by atoms with E-state index in [9.17, 15) is 15.0 Å². The average Bonchev–Trinajstić information content (AvgIpc) is 3.16. The van der Waals surface area contributed by atoms with Crippen molar-refractivity contribution in [1.29, 1.82) is 0 Å². The smallest absolute Gasteiger partial charge is 0.195 e. The predicted octanol–water partition coefficient (Wildman–Crippen LogP) is 2.29. The lowest BCUT2D eigenvalue weighted by molar-refractivity contribution is 0.0355. The molecule has 28 heavy (non-hydrogen) atoms. The molecule has 2 aromatic rings. The van der Waals surface area contributed by atoms with Gasteiger partial charge < -0.3 is 14.9 Å². The molecule has 4 rings (SSSR count). The van der Waals surface area contributed by atoms with Gasteiger partial charge in [0.1, 0.15) is 17.2 Å². The Morgan fingerprint density at radius 3 is 2.43 bits per heavy atom. The average molecular weight is 382 g/mol. The molecule has 2 N–H and O–H groups in total. The van der Waals surface area contributed by atoms with Crippen molar-refractivity contribution in [3.63, 3.8) is 0 Å². The summed E-state index contributed by atoms with van der Waals surface area (Å²) >= 11 is 0. The SMILES string of the molecule is COc1ccc(CC2(O)CC3CN(CC(=O)c4ccc(O)cn4)C[C@@H]3C2)cc1. The molecule has 6 nitrogen and oxygen atoms in total. The van der Waals surface area contributed by atoms with Gasteiger partial charge in [0, 0.05) is 19.5 Å². The Balaban J connectivity index is 1.32. The van der Waals surface area contributed by atoms with Gasteiger partial charge in [-0.15, -0.1) is 0 Å². The van der Waals surface area contributed by atoms with Crippen LogP contribution in [0.15, 0.2) is 42.6 Å². The minimum atomic E-state index is -0.668. The summed E-state index contributed by atoms with van der Waals surface area (Å²) < 4.78 is 5.19. The van der Waals surface area contributed by atoms with Gasteiger partial charge in [0.25, 0.3) is 0 Å². The molecule has 148 valence electrons. The van der Waals surface area contributed by atoms with E-state index in [2.05, 4.69) is 9.88 Å². The van der Waals surface area contributed by atoms with Crippen molar-refractivity contribution < 1.29 is 19.7 Å². The summed E-state index contributed by atoms with van der Waals surface area (Å²) in [4.78, 5) is 18.6. The lowest BCUT2D eigenvalue weighted by Crippen LogP contribution is -2.34. The highest BCUT2D eigenvalue weighted by atomic mass is 16.5. The maximum Gasteiger partial charge on any atom is 0.195 e. The number of rotatable bonds is 6. The summed E-state index contributed by atoms with van der Waals surface area (Å²) in [6, 6.07) is 10.9. The second kappa shape index (κ2) is 7.53. The molecule has 1 saturated carbocycles. The van der Waals surface area contributed by atoms with Crippen molar-refractivity contribution in [1.82, 2.24) is 9.88 Å². The molecule has 2 fully saturated rings. The first kappa shape index (κ1) is 18.9. The number of hydrogen-bond acceptors (Lipinski definition) is 6. The Morgan fingerprint density at radius 1 is 1.18 bits per heavy atom. The number of aromatic hydroxyl groups is 1. The van der Waals surface area contributed by atoms with Crippen LogP contribution in [-0.2, 0) is 6.42 Å². The third kappa shape index (κ3) is 4.03. The van der Waals surface area contributed by atoms with Gasteiger partial charge in [-0.25, -0.2) is 4.98 Å². The third-order valence-electron chi connectivity index (χ3n) is 6.03. The van der Waals surface area contributed by atoms with Gasteiger partial charge in [-0.3, -0.25) is 9.69 Å². The highest BCUT2D eigenvalue weighted by molar-refractivity contribution is 5.95. The van der Waals surface area contributed by atoms with E-state index >= 15 is 0 Å². The topological polar surface area (TPSA) is 82.9 Å². The number of hydrogen-bond donors (Lipinski definition) is 2. The molecule has 0 amide bonds. The number of likely N-dealkylation sites (tertiary alicyclic amines) is 1. The van der Waals surface area contributed by atoms with Crippen LogP contribution in [-0.4, -0.2) is 58.2 Å². The van der Waals surface area contributed by atoms with E-state index < -0.39 is 5.60 Å². The first-order chi connectivity index (χ1) is 13.4. The number of ketones is 1. The van der Waals surface area contributed by atoms with Crippen molar-refractivity contribution in [2.45, 2.75) is 24.9 Å². The molecule has 0 radical (unpaired) electrons. The van der Waals surface area contributed by atoms with Crippen LogP contribution >= 0.6 is 0 Å². The van der Waals surface area contributed by atoms with Crippen LogP contribution in [0.2, 0.25) is 0 Å². The highest BCUT2D eigenvalue weighted by Gasteiger charge is 2.48. The predicted molar refractivity (Wildman–Crippen MR) is 105 cm³/mol. The van der Waals surface area contributed by atoms with Crippen LogP contribution < -0.4 is 4.74 Å². The number of carbonyl (C=O) groups excluding carboxylic acids is 1. The number of carbonyl (C=O) groups is 1. The van der Waals surface area contributed by atoms with Gasteiger partial charge in [-0.1, -0.05) is 12.1 Å². The van der Waals surface area contributed by atoms with Gasteiger partial charge in [0.15, 0.2) is 5.78 Å². The molecular formula is C22H26N2O4. The van der Waals surface area contributed by atoms with Crippen molar-refractivity contribution in [3.05, 3.63) is 53.9 Å². The molecule has 2 heterocycles. The minimum absolute atomic E-state index is 0.0338. The lowest BCUT2D eigenvalue weighted by atomic mass is 9.91. The molecule has 3 atom stereocenters. The van der Waals surface area contributed by atoms with E-state index in [0.29, 0.717) is 30.5 Å². The molecule has 1 aliphatic carbocycles. The van der Waals surface area contributed by atoms with E-state index in [0.717, 1.165) is 37.2 Å². The molecule has 0 bridgehead atoms. The molecule has 2 aliphatic rings. The first-order valence-electron chi connectivity index (χ1n) is 9.70. The number of methoxy groups -OCH3 is 1.